The lowest BCUT2D eigenvalue weighted by molar-refractivity contribution is -0.137. The largest absolute Gasteiger partial charge is 0.461 e. The van der Waals surface area contributed by atoms with Crippen molar-refractivity contribution >= 4 is 5.91 Å². The van der Waals surface area contributed by atoms with Crippen LogP contribution in [-0.4, -0.2) is 16.0 Å². The number of furan rings is 1. The fourth-order valence-corrected chi connectivity index (χ4v) is 2.42. The Bertz CT molecular complexity index is 900. The third kappa shape index (κ3) is 4.18. The quantitative estimate of drug-likeness (QED) is 0.707. The standard InChI is InChI=1S/C18H16F3N3O3/c1-10(2)14(17-23-15(24-27-17)13-4-3-9-26-13)22-16(25)11-5-7-12(8-6-11)18(19,20)21/h3-10,14H,1-2H3,(H,22,25)/t14-/m0/s1. The molecule has 0 spiro atoms. The minimum Gasteiger partial charge on any atom is -0.461 e. The number of hydrogen-bond donors (Lipinski definition) is 1. The van der Waals surface area contributed by atoms with Gasteiger partial charge in [0.05, 0.1) is 11.8 Å². The predicted molar refractivity (Wildman–Crippen MR) is 88.5 cm³/mol. The van der Waals surface area contributed by atoms with Gasteiger partial charge in [-0.15, -0.1) is 0 Å². The second-order valence-electron chi connectivity index (χ2n) is 6.20. The van der Waals surface area contributed by atoms with E-state index in [9.17, 15) is 18.0 Å². The van der Waals surface area contributed by atoms with E-state index < -0.39 is 23.7 Å². The zero-order valence-electron chi connectivity index (χ0n) is 14.4. The molecule has 1 aromatic carbocycles. The Morgan fingerprint density at radius 2 is 1.85 bits per heavy atom. The summed E-state index contributed by atoms with van der Waals surface area (Å²) in [5.41, 5.74) is -0.723. The molecule has 0 bridgehead atoms. The first-order chi connectivity index (χ1) is 12.8. The predicted octanol–water partition coefficient (Wildman–Crippen LogP) is 4.48. The van der Waals surface area contributed by atoms with Crippen molar-refractivity contribution in [3.63, 3.8) is 0 Å². The molecule has 0 saturated heterocycles. The zero-order valence-corrected chi connectivity index (χ0v) is 14.4. The van der Waals surface area contributed by atoms with Crippen LogP contribution in [0.15, 0.2) is 51.6 Å². The van der Waals surface area contributed by atoms with Crippen molar-refractivity contribution in [3.8, 4) is 11.6 Å². The number of hydrogen-bond acceptors (Lipinski definition) is 5. The van der Waals surface area contributed by atoms with E-state index >= 15 is 0 Å². The molecule has 0 fully saturated rings. The van der Waals surface area contributed by atoms with Gasteiger partial charge in [0.1, 0.15) is 6.04 Å². The summed E-state index contributed by atoms with van der Waals surface area (Å²) in [7, 11) is 0. The Hall–Kier alpha value is -3.10. The summed E-state index contributed by atoms with van der Waals surface area (Å²) in [5.74, 6) is 0.191. The smallest absolute Gasteiger partial charge is 0.416 e. The Kier molecular flexibility index (Phi) is 5.02. The minimum absolute atomic E-state index is 0.0967. The Morgan fingerprint density at radius 1 is 1.15 bits per heavy atom. The molecule has 0 aliphatic heterocycles. The van der Waals surface area contributed by atoms with Gasteiger partial charge in [-0.2, -0.15) is 18.2 Å². The highest BCUT2D eigenvalue weighted by atomic mass is 19.4. The monoisotopic (exact) mass is 379 g/mol. The zero-order chi connectivity index (χ0) is 19.6. The van der Waals surface area contributed by atoms with Gasteiger partial charge in [0.25, 0.3) is 5.91 Å². The Labute approximate surface area is 152 Å². The molecule has 0 radical (unpaired) electrons. The Morgan fingerprint density at radius 3 is 2.41 bits per heavy atom. The van der Waals surface area contributed by atoms with E-state index in [-0.39, 0.29) is 23.2 Å². The van der Waals surface area contributed by atoms with Crippen molar-refractivity contribution in [3.05, 3.63) is 59.7 Å². The average Bonchev–Trinajstić information content (AvgIpc) is 3.29. The first kappa shape index (κ1) is 18.7. The lowest BCUT2D eigenvalue weighted by Gasteiger charge is -2.18. The van der Waals surface area contributed by atoms with Gasteiger partial charge >= 0.3 is 6.18 Å². The Balaban J connectivity index is 1.77. The van der Waals surface area contributed by atoms with E-state index in [4.69, 9.17) is 8.94 Å². The normalized spacial score (nSPS) is 13.0. The van der Waals surface area contributed by atoms with Crippen LogP contribution in [0.4, 0.5) is 13.2 Å². The molecule has 0 aliphatic rings. The van der Waals surface area contributed by atoms with Crippen LogP contribution in [0.2, 0.25) is 0 Å². The van der Waals surface area contributed by atoms with Crippen molar-refractivity contribution < 1.29 is 26.9 Å². The van der Waals surface area contributed by atoms with E-state index in [1.54, 1.807) is 12.1 Å². The van der Waals surface area contributed by atoms with Crippen LogP contribution in [0.5, 0.6) is 0 Å². The SMILES string of the molecule is CC(C)[C@H](NC(=O)c1ccc(C(F)(F)F)cc1)c1nc(-c2ccco2)no1. The van der Waals surface area contributed by atoms with Gasteiger partial charge in [-0.3, -0.25) is 4.79 Å². The highest BCUT2D eigenvalue weighted by Gasteiger charge is 2.31. The van der Waals surface area contributed by atoms with Crippen LogP contribution in [0.1, 0.15) is 41.7 Å². The molecule has 0 unspecified atom stereocenters. The lowest BCUT2D eigenvalue weighted by Crippen LogP contribution is -2.32. The maximum Gasteiger partial charge on any atom is 0.416 e. The molecular weight excluding hydrogens is 363 g/mol. The van der Waals surface area contributed by atoms with Crippen molar-refractivity contribution in [1.82, 2.24) is 15.5 Å². The topological polar surface area (TPSA) is 81.2 Å². The van der Waals surface area contributed by atoms with Crippen molar-refractivity contribution in [2.75, 3.05) is 0 Å². The van der Waals surface area contributed by atoms with Crippen LogP contribution in [0.3, 0.4) is 0 Å². The molecule has 0 aliphatic carbocycles. The first-order valence-electron chi connectivity index (χ1n) is 8.11. The summed E-state index contributed by atoms with van der Waals surface area (Å²) in [4.78, 5) is 16.7. The molecule has 1 N–H and O–H groups in total. The second-order valence-corrected chi connectivity index (χ2v) is 6.20. The van der Waals surface area contributed by atoms with Crippen LogP contribution in [-0.2, 0) is 6.18 Å². The van der Waals surface area contributed by atoms with Crippen molar-refractivity contribution in [2.45, 2.75) is 26.1 Å². The molecule has 6 nitrogen and oxygen atoms in total. The first-order valence-corrected chi connectivity index (χ1v) is 8.11. The molecule has 2 aromatic heterocycles. The molecule has 142 valence electrons. The maximum atomic E-state index is 12.6. The number of halogens is 3. The van der Waals surface area contributed by atoms with E-state index in [2.05, 4.69) is 15.5 Å². The van der Waals surface area contributed by atoms with Crippen LogP contribution >= 0.6 is 0 Å². The maximum absolute atomic E-state index is 12.6. The molecular formula is C18H16F3N3O3. The summed E-state index contributed by atoms with van der Waals surface area (Å²) in [5, 5.41) is 6.54. The number of amides is 1. The van der Waals surface area contributed by atoms with E-state index in [1.165, 1.54) is 6.26 Å². The fraction of sp³-hybridized carbons (Fsp3) is 0.278. The molecule has 1 amide bonds. The highest BCUT2D eigenvalue weighted by Crippen LogP contribution is 2.29. The minimum atomic E-state index is -4.46. The molecule has 1 atom stereocenters. The number of carbonyl (C=O) groups excluding carboxylic acids is 1. The van der Waals surface area contributed by atoms with Crippen LogP contribution in [0, 0.1) is 5.92 Å². The van der Waals surface area contributed by atoms with Gasteiger partial charge in [-0.25, -0.2) is 0 Å². The number of nitrogens with zero attached hydrogens (tertiary/aromatic N) is 2. The number of rotatable bonds is 5. The number of benzene rings is 1. The highest BCUT2D eigenvalue weighted by molar-refractivity contribution is 5.94. The third-order valence-electron chi connectivity index (χ3n) is 3.88. The van der Waals surface area contributed by atoms with Crippen LogP contribution in [0.25, 0.3) is 11.6 Å². The van der Waals surface area contributed by atoms with Gasteiger partial charge in [-0.05, 0) is 42.3 Å². The van der Waals surface area contributed by atoms with Gasteiger partial charge in [0, 0.05) is 5.56 Å². The third-order valence-corrected chi connectivity index (χ3v) is 3.88. The van der Waals surface area contributed by atoms with E-state index in [1.807, 2.05) is 13.8 Å². The summed E-state index contributed by atoms with van der Waals surface area (Å²) in [6, 6.07) is 6.70. The number of nitrogens with one attached hydrogen (secondary N) is 1. The van der Waals surface area contributed by atoms with Gasteiger partial charge in [-0.1, -0.05) is 19.0 Å². The van der Waals surface area contributed by atoms with Crippen molar-refractivity contribution in [1.29, 1.82) is 0 Å². The molecule has 3 aromatic rings. The summed E-state index contributed by atoms with van der Waals surface area (Å²) in [6.07, 6.45) is -2.99. The van der Waals surface area contributed by atoms with E-state index in [0.717, 1.165) is 24.3 Å². The molecule has 27 heavy (non-hydrogen) atoms. The number of carbonyl (C=O) groups is 1. The van der Waals surface area contributed by atoms with Gasteiger partial charge in [0.2, 0.25) is 11.7 Å². The van der Waals surface area contributed by atoms with Gasteiger partial charge < -0.3 is 14.3 Å². The fourth-order valence-electron chi connectivity index (χ4n) is 2.42. The molecule has 3 rings (SSSR count). The van der Waals surface area contributed by atoms with Crippen LogP contribution < -0.4 is 5.32 Å². The number of alkyl halides is 3. The molecule has 9 heteroatoms. The second kappa shape index (κ2) is 7.26. The summed E-state index contributed by atoms with van der Waals surface area (Å²) in [6.45, 7) is 3.68. The van der Waals surface area contributed by atoms with Gasteiger partial charge in [0.15, 0.2) is 5.76 Å². The lowest BCUT2D eigenvalue weighted by atomic mass is 10.0. The number of aromatic nitrogens is 2. The molecule has 2 heterocycles. The summed E-state index contributed by atoms with van der Waals surface area (Å²) < 4.78 is 48.3. The van der Waals surface area contributed by atoms with Crippen molar-refractivity contribution in [2.24, 2.45) is 5.92 Å². The van der Waals surface area contributed by atoms with E-state index in [0.29, 0.717) is 5.76 Å². The summed E-state index contributed by atoms with van der Waals surface area (Å²) >= 11 is 0. The average molecular weight is 379 g/mol. The molecule has 0 saturated carbocycles.